The van der Waals surface area contributed by atoms with Gasteiger partial charge in [0, 0.05) is 32.3 Å². The predicted molar refractivity (Wildman–Crippen MR) is 65.7 cm³/mol. The molecule has 1 heterocycles. The molecule has 1 unspecified atom stereocenters. The molecule has 0 aromatic rings. The van der Waals surface area contributed by atoms with Gasteiger partial charge < -0.3 is 5.11 Å². The van der Waals surface area contributed by atoms with Crippen LogP contribution in [-0.2, 0) is 10.2 Å². The maximum atomic E-state index is 12.4. The third kappa shape index (κ3) is 2.81. The van der Waals surface area contributed by atoms with Crippen LogP contribution in [0.4, 0.5) is 0 Å². The van der Waals surface area contributed by atoms with Gasteiger partial charge >= 0.3 is 0 Å². The number of rotatable bonds is 5. The van der Waals surface area contributed by atoms with Crippen LogP contribution in [0.15, 0.2) is 0 Å². The zero-order chi connectivity index (χ0) is 12.5. The van der Waals surface area contributed by atoms with Gasteiger partial charge in [0.2, 0.25) is 0 Å². The maximum absolute atomic E-state index is 12.4. The van der Waals surface area contributed by atoms with Gasteiger partial charge in [-0.3, -0.25) is 0 Å². The van der Waals surface area contributed by atoms with Crippen molar-refractivity contribution in [2.75, 3.05) is 26.2 Å². The lowest BCUT2D eigenvalue weighted by Gasteiger charge is -2.34. The third-order valence-corrected chi connectivity index (χ3v) is 5.76. The summed E-state index contributed by atoms with van der Waals surface area (Å²) in [5.41, 5.74) is 0. The van der Waals surface area contributed by atoms with Gasteiger partial charge in [0.25, 0.3) is 10.2 Å². The molecule has 17 heavy (non-hydrogen) atoms. The van der Waals surface area contributed by atoms with Crippen molar-refractivity contribution in [3.63, 3.8) is 0 Å². The first-order valence-electron chi connectivity index (χ1n) is 6.47. The Balaban J connectivity index is 2.08. The zero-order valence-corrected chi connectivity index (χ0v) is 11.2. The standard InChI is InChI=1S/C11H22N2O3S/c1-2-13(11-5-6-11)17(15,16)12-7-3-4-10(8-12)9-14/h10-11,14H,2-9H2,1H3. The molecule has 0 radical (unpaired) electrons. The Labute approximate surface area is 104 Å². The molecule has 1 aliphatic carbocycles. The van der Waals surface area contributed by atoms with E-state index in [0.717, 1.165) is 25.7 Å². The maximum Gasteiger partial charge on any atom is 0.282 e. The van der Waals surface area contributed by atoms with E-state index in [0.29, 0.717) is 19.6 Å². The average Bonchev–Trinajstić information content (AvgIpc) is 3.14. The molecule has 0 aromatic carbocycles. The van der Waals surface area contributed by atoms with Crippen molar-refractivity contribution >= 4 is 10.2 Å². The highest BCUT2D eigenvalue weighted by atomic mass is 32.2. The summed E-state index contributed by atoms with van der Waals surface area (Å²) in [5, 5.41) is 9.16. The van der Waals surface area contributed by atoms with Crippen LogP contribution in [-0.4, -0.2) is 54.4 Å². The largest absolute Gasteiger partial charge is 0.396 e. The normalized spacial score (nSPS) is 27.6. The number of nitrogens with zero attached hydrogens (tertiary/aromatic N) is 2. The fourth-order valence-corrected chi connectivity index (χ4v) is 4.48. The molecule has 0 bridgehead atoms. The molecule has 0 amide bonds. The van der Waals surface area contributed by atoms with E-state index in [4.69, 9.17) is 5.11 Å². The van der Waals surface area contributed by atoms with E-state index >= 15 is 0 Å². The Hall–Kier alpha value is -0.170. The van der Waals surface area contributed by atoms with E-state index in [1.54, 1.807) is 8.61 Å². The number of piperidine rings is 1. The van der Waals surface area contributed by atoms with Gasteiger partial charge in [0.1, 0.15) is 0 Å². The van der Waals surface area contributed by atoms with Gasteiger partial charge in [-0.15, -0.1) is 0 Å². The second-order valence-corrected chi connectivity index (χ2v) is 6.87. The van der Waals surface area contributed by atoms with Crippen molar-refractivity contribution in [1.82, 2.24) is 8.61 Å². The minimum atomic E-state index is -3.30. The molecule has 2 fully saturated rings. The third-order valence-electron chi connectivity index (χ3n) is 3.63. The van der Waals surface area contributed by atoms with E-state index in [9.17, 15) is 8.42 Å². The van der Waals surface area contributed by atoms with Crippen LogP contribution in [0.2, 0.25) is 0 Å². The minimum absolute atomic E-state index is 0.0849. The summed E-state index contributed by atoms with van der Waals surface area (Å²) in [6.45, 7) is 3.60. The Morgan fingerprint density at radius 1 is 1.35 bits per heavy atom. The van der Waals surface area contributed by atoms with Crippen molar-refractivity contribution in [2.45, 2.75) is 38.6 Å². The lowest BCUT2D eigenvalue weighted by Crippen LogP contribution is -2.49. The van der Waals surface area contributed by atoms with E-state index < -0.39 is 10.2 Å². The zero-order valence-electron chi connectivity index (χ0n) is 10.4. The first kappa shape index (κ1) is 13.3. The number of hydrogen-bond acceptors (Lipinski definition) is 3. The van der Waals surface area contributed by atoms with Crippen LogP contribution in [0.1, 0.15) is 32.6 Å². The Morgan fingerprint density at radius 2 is 2.06 bits per heavy atom. The molecule has 1 N–H and O–H groups in total. The Kier molecular flexibility index (Phi) is 4.07. The lowest BCUT2D eigenvalue weighted by molar-refractivity contribution is 0.160. The average molecular weight is 262 g/mol. The molecule has 6 heteroatoms. The first-order valence-corrected chi connectivity index (χ1v) is 7.87. The summed E-state index contributed by atoms with van der Waals surface area (Å²) in [6.07, 6.45) is 3.76. The SMILES string of the molecule is CCN(C1CC1)S(=O)(=O)N1CCCC(CO)C1. The highest BCUT2D eigenvalue weighted by Crippen LogP contribution is 2.31. The molecule has 2 rings (SSSR count). The van der Waals surface area contributed by atoms with Gasteiger partial charge in [-0.25, -0.2) is 0 Å². The second-order valence-electron chi connectivity index (χ2n) is 4.99. The highest BCUT2D eigenvalue weighted by molar-refractivity contribution is 7.86. The van der Waals surface area contributed by atoms with Crippen molar-refractivity contribution in [3.8, 4) is 0 Å². The molecule has 1 aliphatic heterocycles. The van der Waals surface area contributed by atoms with E-state index in [1.807, 2.05) is 6.92 Å². The van der Waals surface area contributed by atoms with Gasteiger partial charge in [0.05, 0.1) is 0 Å². The van der Waals surface area contributed by atoms with Crippen molar-refractivity contribution in [2.24, 2.45) is 5.92 Å². The summed E-state index contributed by atoms with van der Waals surface area (Å²) in [7, 11) is -3.30. The molecular formula is C11H22N2O3S. The summed E-state index contributed by atoms with van der Waals surface area (Å²) >= 11 is 0. The summed E-state index contributed by atoms with van der Waals surface area (Å²) in [4.78, 5) is 0. The molecule has 1 atom stereocenters. The van der Waals surface area contributed by atoms with Crippen LogP contribution < -0.4 is 0 Å². The van der Waals surface area contributed by atoms with Gasteiger partial charge in [0.15, 0.2) is 0 Å². The first-order chi connectivity index (χ1) is 8.09. The van der Waals surface area contributed by atoms with Crippen molar-refractivity contribution in [3.05, 3.63) is 0 Å². The molecule has 2 aliphatic rings. The molecule has 0 spiro atoms. The molecule has 100 valence electrons. The highest BCUT2D eigenvalue weighted by Gasteiger charge is 2.40. The van der Waals surface area contributed by atoms with E-state index in [2.05, 4.69) is 0 Å². The summed E-state index contributed by atoms with van der Waals surface area (Å²) in [6, 6.07) is 0.222. The monoisotopic (exact) mass is 262 g/mol. The second kappa shape index (κ2) is 5.22. The number of hydrogen-bond donors (Lipinski definition) is 1. The minimum Gasteiger partial charge on any atom is -0.396 e. The van der Waals surface area contributed by atoms with Crippen molar-refractivity contribution in [1.29, 1.82) is 0 Å². The van der Waals surface area contributed by atoms with Crippen LogP contribution in [0, 0.1) is 5.92 Å². The predicted octanol–water partition coefficient (Wildman–Crippen LogP) is 0.420. The molecule has 5 nitrogen and oxygen atoms in total. The van der Waals surface area contributed by atoms with Crippen LogP contribution >= 0.6 is 0 Å². The Morgan fingerprint density at radius 3 is 2.59 bits per heavy atom. The fraction of sp³-hybridized carbons (Fsp3) is 1.00. The molecule has 1 saturated carbocycles. The summed E-state index contributed by atoms with van der Waals surface area (Å²) < 4.78 is 28.0. The molecular weight excluding hydrogens is 240 g/mol. The quantitative estimate of drug-likeness (QED) is 0.781. The smallest absolute Gasteiger partial charge is 0.282 e. The Bertz CT molecular complexity index is 354. The fourth-order valence-electron chi connectivity index (χ4n) is 2.51. The van der Waals surface area contributed by atoms with Gasteiger partial charge in [-0.1, -0.05) is 6.92 Å². The molecule has 0 aromatic heterocycles. The van der Waals surface area contributed by atoms with Crippen LogP contribution in [0.5, 0.6) is 0 Å². The number of aliphatic hydroxyl groups excluding tert-OH is 1. The summed E-state index contributed by atoms with van der Waals surface area (Å²) in [5.74, 6) is 0.108. The van der Waals surface area contributed by atoms with Gasteiger partial charge in [-0.05, 0) is 31.6 Å². The molecule has 1 saturated heterocycles. The van der Waals surface area contributed by atoms with Crippen LogP contribution in [0.3, 0.4) is 0 Å². The van der Waals surface area contributed by atoms with Gasteiger partial charge in [-0.2, -0.15) is 17.0 Å². The van der Waals surface area contributed by atoms with E-state index in [-0.39, 0.29) is 18.6 Å². The van der Waals surface area contributed by atoms with Crippen LogP contribution in [0.25, 0.3) is 0 Å². The lowest BCUT2D eigenvalue weighted by atomic mass is 10.0. The topological polar surface area (TPSA) is 60.9 Å². The number of aliphatic hydroxyl groups is 1. The van der Waals surface area contributed by atoms with Crippen molar-refractivity contribution < 1.29 is 13.5 Å². The van der Waals surface area contributed by atoms with E-state index in [1.165, 1.54) is 0 Å².